The molecule has 0 radical (unpaired) electrons. The fourth-order valence-corrected chi connectivity index (χ4v) is 1.35. The van der Waals surface area contributed by atoms with E-state index in [-0.39, 0.29) is 5.91 Å². The number of thiocarbonyl (C=S) groups is 1. The molecule has 0 atom stereocenters. The summed E-state index contributed by atoms with van der Waals surface area (Å²) in [6.07, 6.45) is 1.92. The largest absolute Gasteiger partial charge is 0.341 e. The number of nitrogens with one attached hydrogen (secondary N) is 2. The molecule has 0 heterocycles. The third-order valence-electron chi connectivity index (χ3n) is 1.64. The molecular weight excluding hydrogens is 228 g/mol. The van der Waals surface area contributed by atoms with Crippen LogP contribution in [0.4, 0.5) is 11.4 Å². The third-order valence-corrected chi connectivity index (χ3v) is 2.71. The Morgan fingerprint density at radius 1 is 1.20 bits per heavy atom. The first-order valence-electron chi connectivity index (χ1n) is 4.34. The molecule has 0 aliphatic heterocycles. The Labute approximate surface area is 98.6 Å². The van der Waals surface area contributed by atoms with Crippen LogP contribution in [0, 0.1) is 0 Å². The maximum Gasteiger partial charge on any atom is 0.221 e. The van der Waals surface area contributed by atoms with E-state index >= 15 is 0 Å². The lowest BCUT2D eigenvalue weighted by atomic mass is 10.3. The van der Waals surface area contributed by atoms with E-state index in [9.17, 15) is 4.79 Å². The standard InChI is InChI=1S/C10H12N2OS2/c1-7(13)11-8-3-5-9(6-4-8)12-10(14)15-2/h3-6H,1-2H3,(H,11,13)(H,12,14). The lowest BCUT2D eigenvalue weighted by Crippen LogP contribution is -2.06. The van der Waals surface area contributed by atoms with Gasteiger partial charge in [-0.1, -0.05) is 12.2 Å². The van der Waals surface area contributed by atoms with E-state index in [1.807, 2.05) is 30.5 Å². The number of amides is 1. The van der Waals surface area contributed by atoms with Crippen LogP contribution < -0.4 is 10.6 Å². The van der Waals surface area contributed by atoms with E-state index in [1.165, 1.54) is 18.7 Å². The van der Waals surface area contributed by atoms with Crippen molar-refractivity contribution in [3.8, 4) is 0 Å². The second-order valence-electron chi connectivity index (χ2n) is 2.88. The zero-order chi connectivity index (χ0) is 11.3. The number of benzene rings is 1. The normalized spacial score (nSPS) is 9.47. The van der Waals surface area contributed by atoms with Crippen LogP contribution in [0.2, 0.25) is 0 Å². The second-order valence-corrected chi connectivity index (χ2v) is 4.36. The molecule has 80 valence electrons. The van der Waals surface area contributed by atoms with E-state index in [1.54, 1.807) is 0 Å². The smallest absolute Gasteiger partial charge is 0.221 e. The lowest BCUT2D eigenvalue weighted by molar-refractivity contribution is -0.114. The molecule has 1 rings (SSSR count). The maximum atomic E-state index is 10.8. The zero-order valence-corrected chi connectivity index (χ0v) is 10.2. The van der Waals surface area contributed by atoms with E-state index < -0.39 is 0 Å². The van der Waals surface area contributed by atoms with Gasteiger partial charge in [0.2, 0.25) is 5.91 Å². The number of rotatable bonds is 2. The van der Waals surface area contributed by atoms with Crippen LogP contribution in [0.15, 0.2) is 24.3 Å². The van der Waals surface area contributed by atoms with Crippen molar-refractivity contribution in [1.82, 2.24) is 0 Å². The molecule has 1 aromatic carbocycles. The number of hydrogen-bond acceptors (Lipinski definition) is 3. The molecule has 5 heteroatoms. The van der Waals surface area contributed by atoms with Crippen molar-refractivity contribution < 1.29 is 4.79 Å². The van der Waals surface area contributed by atoms with E-state index in [2.05, 4.69) is 10.6 Å². The summed E-state index contributed by atoms with van der Waals surface area (Å²) in [5.74, 6) is -0.0738. The Morgan fingerprint density at radius 2 is 1.67 bits per heavy atom. The van der Waals surface area contributed by atoms with Crippen LogP contribution in [-0.2, 0) is 4.79 Å². The summed E-state index contributed by atoms with van der Waals surface area (Å²) >= 11 is 6.51. The number of anilines is 2. The summed E-state index contributed by atoms with van der Waals surface area (Å²) in [5, 5.41) is 5.75. The third kappa shape index (κ3) is 4.31. The van der Waals surface area contributed by atoms with Gasteiger partial charge < -0.3 is 10.6 Å². The van der Waals surface area contributed by atoms with Gasteiger partial charge in [0.15, 0.2) is 0 Å². The summed E-state index contributed by atoms with van der Waals surface area (Å²) < 4.78 is 0.724. The first-order valence-corrected chi connectivity index (χ1v) is 5.97. The summed E-state index contributed by atoms with van der Waals surface area (Å²) in [4.78, 5) is 10.8. The van der Waals surface area contributed by atoms with E-state index in [4.69, 9.17) is 12.2 Å². The average molecular weight is 240 g/mol. The van der Waals surface area contributed by atoms with Crippen molar-refractivity contribution in [2.75, 3.05) is 16.9 Å². The maximum absolute atomic E-state index is 10.8. The van der Waals surface area contributed by atoms with Gasteiger partial charge in [0, 0.05) is 18.3 Å². The SMILES string of the molecule is CSC(=S)Nc1ccc(NC(C)=O)cc1. The molecule has 0 unspecified atom stereocenters. The van der Waals surface area contributed by atoms with Gasteiger partial charge in [0.25, 0.3) is 0 Å². The highest BCUT2D eigenvalue weighted by molar-refractivity contribution is 8.22. The molecule has 0 aromatic heterocycles. The molecule has 0 aliphatic rings. The second kappa shape index (κ2) is 5.72. The Balaban J connectivity index is 2.64. The molecule has 0 saturated heterocycles. The van der Waals surface area contributed by atoms with Gasteiger partial charge in [-0.3, -0.25) is 4.79 Å². The Bertz CT molecular complexity index is 362. The Hall–Kier alpha value is -1.07. The molecule has 0 saturated carbocycles. The topological polar surface area (TPSA) is 41.1 Å². The molecule has 1 aromatic rings. The van der Waals surface area contributed by atoms with Crippen LogP contribution in [0.1, 0.15) is 6.92 Å². The monoisotopic (exact) mass is 240 g/mol. The van der Waals surface area contributed by atoms with Crippen molar-refractivity contribution >= 4 is 45.6 Å². The lowest BCUT2D eigenvalue weighted by Gasteiger charge is -2.06. The van der Waals surface area contributed by atoms with Gasteiger partial charge >= 0.3 is 0 Å². The van der Waals surface area contributed by atoms with Gasteiger partial charge in [-0.15, -0.1) is 11.8 Å². The van der Waals surface area contributed by atoms with Crippen molar-refractivity contribution in [2.45, 2.75) is 6.92 Å². The van der Waals surface area contributed by atoms with Crippen LogP contribution in [0.5, 0.6) is 0 Å². The minimum absolute atomic E-state index is 0.0738. The predicted octanol–water partition coefficient (Wildman–Crippen LogP) is 2.70. The summed E-state index contributed by atoms with van der Waals surface area (Å²) in [6, 6.07) is 7.39. The molecule has 0 spiro atoms. The molecule has 3 nitrogen and oxygen atoms in total. The van der Waals surface area contributed by atoms with Crippen LogP contribution in [0.25, 0.3) is 0 Å². The van der Waals surface area contributed by atoms with Gasteiger partial charge in [-0.05, 0) is 30.5 Å². The number of hydrogen-bond donors (Lipinski definition) is 2. The first kappa shape index (κ1) is 12.0. The average Bonchev–Trinajstić information content (AvgIpc) is 2.20. The highest BCUT2D eigenvalue weighted by atomic mass is 32.2. The van der Waals surface area contributed by atoms with Crippen molar-refractivity contribution in [3.05, 3.63) is 24.3 Å². The minimum atomic E-state index is -0.0738. The van der Waals surface area contributed by atoms with Crippen LogP contribution in [-0.4, -0.2) is 16.5 Å². The number of carbonyl (C=O) groups excluding carboxylic acids is 1. The summed E-state index contributed by atoms with van der Waals surface area (Å²) in [6.45, 7) is 1.48. The molecule has 2 N–H and O–H groups in total. The molecule has 15 heavy (non-hydrogen) atoms. The molecular formula is C10H12N2OS2. The molecule has 0 aliphatic carbocycles. The van der Waals surface area contributed by atoms with Crippen LogP contribution in [0.3, 0.4) is 0 Å². The van der Waals surface area contributed by atoms with E-state index in [0.717, 1.165) is 15.7 Å². The van der Waals surface area contributed by atoms with Gasteiger partial charge in [-0.2, -0.15) is 0 Å². The predicted molar refractivity (Wildman–Crippen MR) is 70.5 cm³/mol. The van der Waals surface area contributed by atoms with Crippen molar-refractivity contribution in [3.63, 3.8) is 0 Å². The Morgan fingerprint density at radius 3 is 2.07 bits per heavy atom. The minimum Gasteiger partial charge on any atom is -0.341 e. The fraction of sp³-hybridized carbons (Fsp3) is 0.200. The summed E-state index contributed by atoms with van der Waals surface area (Å²) in [7, 11) is 0. The number of carbonyl (C=O) groups is 1. The van der Waals surface area contributed by atoms with Gasteiger partial charge in [-0.25, -0.2) is 0 Å². The molecule has 1 amide bonds. The summed E-state index contributed by atoms with van der Waals surface area (Å²) in [5.41, 5.74) is 1.70. The molecule has 0 bridgehead atoms. The van der Waals surface area contributed by atoms with Crippen molar-refractivity contribution in [2.24, 2.45) is 0 Å². The zero-order valence-electron chi connectivity index (χ0n) is 8.53. The highest BCUT2D eigenvalue weighted by Gasteiger charge is 1.97. The number of thioether (sulfide) groups is 1. The van der Waals surface area contributed by atoms with Gasteiger partial charge in [0.05, 0.1) is 0 Å². The van der Waals surface area contributed by atoms with Crippen molar-refractivity contribution in [1.29, 1.82) is 0 Å². The molecule has 0 fully saturated rings. The van der Waals surface area contributed by atoms with E-state index in [0.29, 0.717) is 0 Å². The first-order chi connectivity index (χ1) is 7.11. The quantitative estimate of drug-likeness (QED) is 0.780. The van der Waals surface area contributed by atoms with Crippen LogP contribution >= 0.6 is 24.0 Å². The fourth-order valence-electron chi connectivity index (χ4n) is 1.01. The highest BCUT2D eigenvalue weighted by Crippen LogP contribution is 2.14. The van der Waals surface area contributed by atoms with Gasteiger partial charge in [0.1, 0.15) is 4.32 Å². The Kier molecular flexibility index (Phi) is 4.58.